The Hall–Kier alpha value is -1.24. The van der Waals surface area contributed by atoms with Gasteiger partial charge in [-0.25, -0.2) is 13.1 Å². The van der Waals surface area contributed by atoms with Crippen molar-refractivity contribution in [2.24, 2.45) is 5.41 Å². The second-order valence-electron chi connectivity index (χ2n) is 6.05. The number of hydrogen-bond donors (Lipinski definition) is 2. The Labute approximate surface area is 125 Å². The quantitative estimate of drug-likeness (QED) is 0.811. The monoisotopic (exact) mass is 311 g/mol. The maximum absolute atomic E-state index is 12.4. The molecule has 0 aliphatic heterocycles. The summed E-state index contributed by atoms with van der Waals surface area (Å²) in [5.41, 5.74) is -0.0857. The number of benzene rings is 1. The van der Waals surface area contributed by atoms with Crippen LogP contribution < -0.4 is 4.72 Å². The molecule has 2 atom stereocenters. The van der Waals surface area contributed by atoms with Crippen LogP contribution in [0.15, 0.2) is 29.2 Å². The first kappa shape index (κ1) is 16.1. The van der Waals surface area contributed by atoms with Gasteiger partial charge in [0.15, 0.2) is 5.78 Å². The molecule has 0 aromatic heterocycles. The standard InChI is InChI=1S/C15H21NO4S/c1-4-12(17)10-6-5-7-11(8-10)21(19,20)16-13-9-14(18)15(13,2)3/h5-8,13-14,16,18H,4,9H2,1-3H3. The Morgan fingerprint density at radius 1 is 1.43 bits per heavy atom. The van der Waals surface area contributed by atoms with Gasteiger partial charge >= 0.3 is 0 Å². The van der Waals surface area contributed by atoms with E-state index in [1.807, 2.05) is 13.8 Å². The summed E-state index contributed by atoms with van der Waals surface area (Å²) in [7, 11) is -3.69. The molecule has 6 heteroatoms. The Kier molecular flexibility index (Phi) is 4.24. The summed E-state index contributed by atoms with van der Waals surface area (Å²) in [4.78, 5) is 11.8. The number of hydrogen-bond acceptors (Lipinski definition) is 4. The van der Waals surface area contributed by atoms with Crippen molar-refractivity contribution in [1.29, 1.82) is 0 Å². The molecule has 2 rings (SSSR count). The van der Waals surface area contributed by atoms with Crippen LogP contribution in [0.5, 0.6) is 0 Å². The topological polar surface area (TPSA) is 83.5 Å². The Morgan fingerprint density at radius 2 is 2.10 bits per heavy atom. The van der Waals surface area contributed by atoms with Crippen LogP contribution in [0.4, 0.5) is 0 Å². The molecule has 1 aliphatic rings. The molecule has 21 heavy (non-hydrogen) atoms. The van der Waals surface area contributed by atoms with Gasteiger partial charge in [-0.1, -0.05) is 32.9 Å². The first-order valence-corrected chi connectivity index (χ1v) is 8.50. The Balaban J connectivity index is 2.23. The minimum Gasteiger partial charge on any atom is -0.392 e. The van der Waals surface area contributed by atoms with Gasteiger partial charge in [0.2, 0.25) is 10.0 Å². The van der Waals surface area contributed by atoms with Crippen molar-refractivity contribution >= 4 is 15.8 Å². The number of aliphatic hydroxyl groups excluding tert-OH is 1. The number of carbonyl (C=O) groups excluding carboxylic acids is 1. The molecule has 1 aromatic carbocycles. The van der Waals surface area contributed by atoms with Gasteiger partial charge in [0.25, 0.3) is 0 Å². The van der Waals surface area contributed by atoms with Crippen molar-refractivity contribution in [3.63, 3.8) is 0 Å². The molecule has 0 radical (unpaired) electrons. The van der Waals surface area contributed by atoms with E-state index in [9.17, 15) is 18.3 Å². The molecule has 0 amide bonds. The fourth-order valence-electron chi connectivity index (χ4n) is 2.40. The fourth-order valence-corrected chi connectivity index (χ4v) is 3.85. The van der Waals surface area contributed by atoms with Crippen LogP contribution >= 0.6 is 0 Å². The first-order valence-electron chi connectivity index (χ1n) is 7.02. The molecule has 1 saturated carbocycles. The highest BCUT2D eigenvalue weighted by molar-refractivity contribution is 7.89. The third-order valence-electron chi connectivity index (χ3n) is 4.30. The van der Waals surface area contributed by atoms with E-state index < -0.39 is 21.5 Å². The number of rotatable bonds is 5. The summed E-state index contributed by atoms with van der Waals surface area (Å²) in [5, 5.41) is 9.68. The number of aliphatic hydroxyl groups is 1. The minimum absolute atomic E-state index is 0.0824. The van der Waals surface area contributed by atoms with Crippen LogP contribution in [0.1, 0.15) is 44.0 Å². The summed E-state index contributed by atoms with van der Waals surface area (Å²) in [5.74, 6) is -0.0913. The predicted molar refractivity (Wildman–Crippen MR) is 79.6 cm³/mol. The molecule has 0 bridgehead atoms. The molecule has 1 aliphatic carbocycles. The van der Waals surface area contributed by atoms with Crippen LogP contribution in [0.3, 0.4) is 0 Å². The summed E-state index contributed by atoms with van der Waals surface area (Å²) in [6, 6.07) is 5.75. The van der Waals surface area contributed by atoms with Crippen LogP contribution in [-0.2, 0) is 10.0 Å². The molecular formula is C15H21NO4S. The lowest BCUT2D eigenvalue weighted by molar-refractivity contribution is -0.0645. The molecule has 0 saturated heterocycles. The van der Waals surface area contributed by atoms with E-state index in [4.69, 9.17) is 0 Å². The zero-order valence-corrected chi connectivity index (χ0v) is 13.3. The lowest BCUT2D eigenvalue weighted by Crippen LogP contribution is -2.61. The van der Waals surface area contributed by atoms with Crippen LogP contribution in [-0.4, -0.2) is 31.5 Å². The highest BCUT2D eigenvalue weighted by Crippen LogP contribution is 2.41. The largest absolute Gasteiger partial charge is 0.392 e. The van der Waals surface area contributed by atoms with Gasteiger partial charge in [-0.15, -0.1) is 0 Å². The maximum atomic E-state index is 12.4. The van der Waals surface area contributed by atoms with Gasteiger partial charge in [-0.3, -0.25) is 4.79 Å². The molecule has 0 spiro atoms. The van der Waals surface area contributed by atoms with Gasteiger partial charge in [0.1, 0.15) is 0 Å². The number of ketones is 1. The number of carbonyl (C=O) groups is 1. The summed E-state index contributed by atoms with van der Waals surface area (Å²) in [6.45, 7) is 5.39. The molecule has 1 fully saturated rings. The van der Waals surface area contributed by atoms with Gasteiger partial charge in [0, 0.05) is 23.4 Å². The van der Waals surface area contributed by atoms with E-state index in [0.29, 0.717) is 18.4 Å². The predicted octanol–water partition coefficient (Wildman–Crippen LogP) is 1.72. The maximum Gasteiger partial charge on any atom is 0.240 e. The van der Waals surface area contributed by atoms with E-state index >= 15 is 0 Å². The SMILES string of the molecule is CCC(=O)c1cccc(S(=O)(=O)NC2CC(O)C2(C)C)c1. The molecule has 2 unspecified atom stereocenters. The zero-order valence-electron chi connectivity index (χ0n) is 12.5. The van der Waals surface area contributed by atoms with Crippen molar-refractivity contribution < 1.29 is 18.3 Å². The van der Waals surface area contributed by atoms with E-state index in [1.165, 1.54) is 12.1 Å². The average molecular weight is 311 g/mol. The van der Waals surface area contributed by atoms with E-state index in [0.717, 1.165) is 0 Å². The highest BCUT2D eigenvalue weighted by Gasteiger charge is 2.48. The van der Waals surface area contributed by atoms with Crippen molar-refractivity contribution in [2.45, 2.75) is 50.7 Å². The Morgan fingerprint density at radius 3 is 2.62 bits per heavy atom. The number of sulfonamides is 1. The fraction of sp³-hybridized carbons (Fsp3) is 0.533. The average Bonchev–Trinajstić information content (AvgIpc) is 2.46. The van der Waals surface area contributed by atoms with Crippen molar-refractivity contribution in [1.82, 2.24) is 4.72 Å². The van der Waals surface area contributed by atoms with Crippen LogP contribution in [0.25, 0.3) is 0 Å². The minimum atomic E-state index is -3.69. The molecule has 2 N–H and O–H groups in total. The van der Waals surface area contributed by atoms with Gasteiger partial charge < -0.3 is 5.11 Å². The zero-order chi connectivity index (χ0) is 15.8. The second-order valence-corrected chi connectivity index (χ2v) is 7.77. The molecule has 1 aromatic rings. The molecular weight excluding hydrogens is 290 g/mol. The van der Waals surface area contributed by atoms with Crippen molar-refractivity contribution in [3.8, 4) is 0 Å². The Bertz CT molecular complexity index is 651. The molecule has 0 heterocycles. The van der Waals surface area contributed by atoms with E-state index in [-0.39, 0.29) is 16.7 Å². The third-order valence-corrected chi connectivity index (χ3v) is 5.77. The first-order chi connectivity index (χ1) is 9.68. The second kappa shape index (κ2) is 5.51. The molecule has 116 valence electrons. The lowest BCUT2D eigenvalue weighted by Gasteiger charge is -2.49. The highest BCUT2D eigenvalue weighted by atomic mass is 32.2. The summed E-state index contributed by atoms with van der Waals surface area (Å²) >= 11 is 0. The van der Waals surface area contributed by atoms with Crippen molar-refractivity contribution in [3.05, 3.63) is 29.8 Å². The normalized spacial score (nSPS) is 24.4. The molecule has 5 nitrogen and oxygen atoms in total. The van der Waals surface area contributed by atoms with Gasteiger partial charge in [0.05, 0.1) is 11.0 Å². The smallest absolute Gasteiger partial charge is 0.240 e. The van der Waals surface area contributed by atoms with Crippen LogP contribution in [0, 0.1) is 5.41 Å². The number of nitrogens with one attached hydrogen (secondary N) is 1. The van der Waals surface area contributed by atoms with Crippen molar-refractivity contribution in [2.75, 3.05) is 0 Å². The van der Waals surface area contributed by atoms with Gasteiger partial charge in [-0.05, 0) is 18.6 Å². The van der Waals surface area contributed by atoms with E-state index in [1.54, 1.807) is 19.1 Å². The van der Waals surface area contributed by atoms with Gasteiger partial charge in [-0.2, -0.15) is 0 Å². The van der Waals surface area contributed by atoms with E-state index in [2.05, 4.69) is 4.72 Å². The number of Topliss-reactive ketones (excluding diaryl/α,β-unsaturated/α-hetero) is 1. The summed E-state index contributed by atoms with van der Waals surface area (Å²) < 4.78 is 27.4. The van der Waals surface area contributed by atoms with Crippen LogP contribution in [0.2, 0.25) is 0 Å². The lowest BCUT2D eigenvalue weighted by atomic mass is 9.65. The summed E-state index contributed by atoms with van der Waals surface area (Å²) in [6.07, 6.45) is 0.233. The third kappa shape index (κ3) is 3.02.